The Morgan fingerprint density at radius 2 is 1.53 bits per heavy atom. The number of carbonyl (C=O) groups is 2. The first-order chi connectivity index (χ1) is 14.4. The van der Waals surface area contributed by atoms with E-state index in [9.17, 15) is 18.4 Å². The fourth-order valence-electron chi connectivity index (χ4n) is 3.40. The van der Waals surface area contributed by atoms with Gasteiger partial charge < -0.3 is 5.32 Å². The third-order valence-electron chi connectivity index (χ3n) is 5.17. The lowest BCUT2D eigenvalue weighted by Gasteiger charge is -2.16. The monoisotopic (exact) mass is 404 g/mol. The maximum atomic E-state index is 13.8. The van der Waals surface area contributed by atoms with Crippen molar-refractivity contribution in [2.75, 3.05) is 10.2 Å². The molecule has 1 aliphatic heterocycles. The van der Waals surface area contributed by atoms with Crippen molar-refractivity contribution in [3.63, 3.8) is 0 Å². The third kappa shape index (κ3) is 3.26. The van der Waals surface area contributed by atoms with Crippen LogP contribution in [0.2, 0.25) is 0 Å². The Labute approximate surface area is 172 Å². The first-order valence-electron chi connectivity index (χ1n) is 9.35. The summed E-state index contributed by atoms with van der Waals surface area (Å²) >= 11 is 0. The quantitative estimate of drug-likeness (QED) is 0.624. The smallest absolute Gasteiger partial charge is 0.282 e. The SMILES string of the molecule is Cc1cccc(NC2=C(c3ccccc3)C(=O)N(c3ccc(F)c(F)c3)C2=O)c1C. The summed E-state index contributed by atoms with van der Waals surface area (Å²) in [6, 6.07) is 17.3. The lowest BCUT2D eigenvalue weighted by atomic mass is 10.0. The Bertz CT molecular complexity index is 1200. The number of nitrogens with one attached hydrogen (secondary N) is 1. The zero-order chi connectivity index (χ0) is 21.4. The molecule has 0 bridgehead atoms. The molecule has 150 valence electrons. The molecule has 30 heavy (non-hydrogen) atoms. The highest BCUT2D eigenvalue weighted by molar-refractivity contribution is 6.46. The van der Waals surface area contributed by atoms with Gasteiger partial charge in [0.05, 0.1) is 11.3 Å². The number of rotatable bonds is 4. The lowest BCUT2D eigenvalue weighted by Crippen LogP contribution is -2.32. The van der Waals surface area contributed by atoms with Crippen LogP contribution in [-0.2, 0) is 9.59 Å². The van der Waals surface area contributed by atoms with E-state index in [1.165, 1.54) is 6.07 Å². The zero-order valence-corrected chi connectivity index (χ0v) is 16.4. The normalized spacial score (nSPS) is 13.9. The van der Waals surface area contributed by atoms with Gasteiger partial charge in [-0.3, -0.25) is 9.59 Å². The van der Waals surface area contributed by atoms with Crippen LogP contribution < -0.4 is 10.2 Å². The van der Waals surface area contributed by atoms with Gasteiger partial charge in [0.2, 0.25) is 0 Å². The molecule has 0 aromatic heterocycles. The van der Waals surface area contributed by atoms with Crippen molar-refractivity contribution >= 4 is 28.8 Å². The van der Waals surface area contributed by atoms with Crippen molar-refractivity contribution in [2.24, 2.45) is 0 Å². The molecule has 1 heterocycles. The summed E-state index contributed by atoms with van der Waals surface area (Å²) in [6.07, 6.45) is 0. The van der Waals surface area contributed by atoms with Crippen LogP contribution in [0.3, 0.4) is 0 Å². The van der Waals surface area contributed by atoms with Gasteiger partial charge in [-0.05, 0) is 48.7 Å². The van der Waals surface area contributed by atoms with Gasteiger partial charge in [0, 0.05) is 11.8 Å². The van der Waals surface area contributed by atoms with E-state index < -0.39 is 23.4 Å². The first kappa shape index (κ1) is 19.5. The van der Waals surface area contributed by atoms with Crippen molar-refractivity contribution in [1.29, 1.82) is 0 Å². The van der Waals surface area contributed by atoms with E-state index in [4.69, 9.17) is 0 Å². The molecule has 0 saturated heterocycles. The second-order valence-corrected chi connectivity index (χ2v) is 7.03. The van der Waals surface area contributed by atoms with Gasteiger partial charge in [0.25, 0.3) is 11.8 Å². The minimum atomic E-state index is -1.13. The largest absolute Gasteiger partial charge is 0.350 e. The van der Waals surface area contributed by atoms with Gasteiger partial charge in [0.1, 0.15) is 5.70 Å². The van der Waals surface area contributed by atoms with Gasteiger partial charge in [-0.15, -0.1) is 0 Å². The highest BCUT2D eigenvalue weighted by Gasteiger charge is 2.40. The second-order valence-electron chi connectivity index (χ2n) is 7.03. The Hall–Kier alpha value is -3.80. The average Bonchev–Trinajstić information content (AvgIpc) is 2.98. The Balaban J connectivity index is 1.85. The van der Waals surface area contributed by atoms with E-state index in [0.29, 0.717) is 11.3 Å². The van der Waals surface area contributed by atoms with Crippen molar-refractivity contribution in [3.05, 3.63) is 101 Å². The molecule has 2 amide bonds. The Morgan fingerprint density at radius 3 is 2.23 bits per heavy atom. The van der Waals surface area contributed by atoms with Gasteiger partial charge >= 0.3 is 0 Å². The number of hydrogen-bond acceptors (Lipinski definition) is 3. The van der Waals surface area contributed by atoms with E-state index >= 15 is 0 Å². The molecule has 3 aromatic carbocycles. The molecule has 0 unspecified atom stereocenters. The molecule has 1 N–H and O–H groups in total. The van der Waals surface area contributed by atoms with Gasteiger partial charge in [-0.1, -0.05) is 42.5 Å². The number of aryl methyl sites for hydroxylation is 1. The van der Waals surface area contributed by atoms with E-state index in [0.717, 1.165) is 28.2 Å². The van der Waals surface area contributed by atoms with Crippen molar-refractivity contribution < 1.29 is 18.4 Å². The Kier molecular flexibility index (Phi) is 4.91. The lowest BCUT2D eigenvalue weighted by molar-refractivity contribution is -0.120. The van der Waals surface area contributed by atoms with Crippen LogP contribution in [0.5, 0.6) is 0 Å². The van der Waals surface area contributed by atoms with Crippen LogP contribution in [0, 0.1) is 25.5 Å². The fourth-order valence-corrected chi connectivity index (χ4v) is 3.40. The third-order valence-corrected chi connectivity index (χ3v) is 5.17. The van der Waals surface area contributed by atoms with Crippen molar-refractivity contribution in [1.82, 2.24) is 0 Å². The second kappa shape index (κ2) is 7.55. The molecule has 1 aliphatic rings. The number of nitrogens with zero attached hydrogens (tertiary/aromatic N) is 1. The highest BCUT2D eigenvalue weighted by atomic mass is 19.2. The number of halogens is 2. The molecule has 0 radical (unpaired) electrons. The Morgan fingerprint density at radius 1 is 0.800 bits per heavy atom. The topological polar surface area (TPSA) is 49.4 Å². The molecular weight excluding hydrogens is 386 g/mol. The maximum Gasteiger partial charge on any atom is 0.282 e. The molecule has 4 nitrogen and oxygen atoms in total. The molecule has 0 atom stereocenters. The maximum absolute atomic E-state index is 13.8. The summed E-state index contributed by atoms with van der Waals surface area (Å²) in [5.41, 5.74) is 3.42. The van der Waals surface area contributed by atoms with E-state index in [1.54, 1.807) is 30.3 Å². The number of amides is 2. The van der Waals surface area contributed by atoms with E-state index in [2.05, 4.69) is 5.32 Å². The molecule has 0 spiro atoms. The average molecular weight is 404 g/mol. The molecule has 4 rings (SSSR count). The summed E-state index contributed by atoms with van der Waals surface area (Å²) in [5.74, 6) is -3.43. The van der Waals surface area contributed by atoms with Crippen LogP contribution >= 0.6 is 0 Å². The van der Waals surface area contributed by atoms with Crippen LogP contribution in [0.25, 0.3) is 5.57 Å². The summed E-state index contributed by atoms with van der Waals surface area (Å²) in [6.45, 7) is 3.86. The molecule has 0 fully saturated rings. The van der Waals surface area contributed by atoms with Crippen molar-refractivity contribution in [2.45, 2.75) is 13.8 Å². The van der Waals surface area contributed by atoms with E-state index in [-0.39, 0.29) is 17.0 Å². The minimum Gasteiger partial charge on any atom is -0.350 e. The number of carbonyl (C=O) groups excluding carboxylic acids is 2. The van der Waals surface area contributed by atoms with Gasteiger partial charge in [-0.25, -0.2) is 13.7 Å². The van der Waals surface area contributed by atoms with Crippen LogP contribution in [-0.4, -0.2) is 11.8 Å². The number of anilines is 2. The molecule has 3 aromatic rings. The van der Waals surface area contributed by atoms with Crippen LogP contribution in [0.4, 0.5) is 20.2 Å². The predicted molar refractivity (Wildman–Crippen MR) is 112 cm³/mol. The zero-order valence-electron chi connectivity index (χ0n) is 16.4. The van der Waals surface area contributed by atoms with Crippen LogP contribution in [0.1, 0.15) is 16.7 Å². The number of imide groups is 1. The molecule has 6 heteroatoms. The summed E-state index contributed by atoms with van der Waals surface area (Å²) in [5, 5.41) is 3.10. The molecular formula is C24H18F2N2O2. The van der Waals surface area contributed by atoms with Gasteiger partial charge in [0.15, 0.2) is 11.6 Å². The fraction of sp³-hybridized carbons (Fsp3) is 0.0833. The van der Waals surface area contributed by atoms with Gasteiger partial charge in [-0.2, -0.15) is 0 Å². The van der Waals surface area contributed by atoms with Crippen LogP contribution in [0.15, 0.2) is 72.4 Å². The van der Waals surface area contributed by atoms with Crippen molar-refractivity contribution in [3.8, 4) is 0 Å². The minimum absolute atomic E-state index is 0.0323. The standard InChI is InChI=1S/C24H18F2N2O2/c1-14-7-6-10-20(15(14)2)27-22-21(16-8-4-3-5-9-16)23(29)28(24(22)30)17-11-12-18(25)19(26)13-17/h3-13,27H,1-2H3. The van der Waals surface area contributed by atoms with E-state index in [1.807, 2.05) is 32.0 Å². The highest BCUT2D eigenvalue weighted by Crippen LogP contribution is 2.34. The predicted octanol–water partition coefficient (Wildman–Crippen LogP) is 4.98. The molecule has 0 saturated carbocycles. The number of benzene rings is 3. The summed E-state index contributed by atoms with van der Waals surface area (Å²) in [4.78, 5) is 27.4. The summed E-state index contributed by atoms with van der Waals surface area (Å²) < 4.78 is 27.2. The molecule has 0 aliphatic carbocycles. The number of hydrogen-bond donors (Lipinski definition) is 1. The first-order valence-corrected chi connectivity index (χ1v) is 9.35. The summed E-state index contributed by atoms with van der Waals surface area (Å²) in [7, 11) is 0.